The van der Waals surface area contributed by atoms with Crippen LogP contribution in [-0.2, 0) is 11.4 Å². The van der Waals surface area contributed by atoms with Gasteiger partial charge in [-0.1, -0.05) is 34.1 Å². The first-order chi connectivity index (χ1) is 15.6. The Labute approximate surface area is 195 Å². The lowest BCUT2D eigenvalue weighted by molar-refractivity contribution is -0.117. The smallest absolute Gasteiger partial charge is 0.289 e. The number of ether oxygens (including phenoxy) is 1. The zero-order valence-electron chi connectivity index (χ0n) is 17.5. The van der Waals surface area contributed by atoms with Gasteiger partial charge >= 0.3 is 0 Å². The normalized spacial score (nSPS) is 14.2. The van der Waals surface area contributed by atoms with Crippen LogP contribution in [0.3, 0.4) is 0 Å². The zero-order valence-corrected chi connectivity index (χ0v) is 19.1. The summed E-state index contributed by atoms with van der Waals surface area (Å²) in [6.45, 7) is 2.91. The van der Waals surface area contributed by atoms with E-state index < -0.39 is 0 Å². The number of para-hydroxylation sites is 1. The van der Waals surface area contributed by atoms with Crippen molar-refractivity contribution in [3.8, 4) is 5.75 Å². The van der Waals surface area contributed by atoms with Crippen molar-refractivity contribution in [3.63, 3.8) is 0 Å². The highest BCUT2D eigenvalue weighted by atomic mass is 79.9. The van der Waals surface area contributed by atoms with Crippen LogP contribution in [0.15, 0.2) is 75.6 Å². The molecule has 2 aromatic carbocycles. The van der Waals surface area contributed by atoms with Crippen LogP contribution in [0.5, 0.6) is 5.75 Å². The fourth-order valence-corrected chi connectivity index (χ4v) is 3.71. The van der Waals surface area contributed by atoms with Crippen molar-refractivity contribution in [2.24, 2.45) is 0 Å². The van der Waals surface area contributed by atoms with Gasteiger partial charge in [0, 0.05) is 36.3 Å². The first kappa shape index (κ1) is 22.1. The number of carbonyl (C=O) groups excluding carboxylic acids is 2. The van der Waals surface area contributed by atoms with Gasteiger partial charge in [0.25, 0.3) is 5.91 Å². The molecule has 3 aromatic rings. The maximum Gasteiger partial charge on any atom is 0.289 e. The van der Waals surface area contributed by atoms with Gasteiger partial charge in [-0.3, -0.25) is 14.5 Å². The number of carbonyl (C=O) groups is 2. The molecule has 0 atom stereocenters. The Morgan fingerprint density at radius 3 is 2.38 bits per heavy atom. The van der Waals surface area contributed by atoms with Crippen LogP contribution < -0.4 is 10.1 Å². The Morgan fingerprint density at radius 2 is 1.66 bits per heavy atom. The first-order valence-corrected chi connectivity index (χ1v) is 11.2. The van der Waals surface area contributed by atoms with Gasteiger partial charge in [0.05, 0.1) is 6.54 Å². The van der Waals surface area contributed by atoms with Gasteiger partial charge in [0.1, 0.15) is 18.1 Å². The number of amides is 2. The largest absolute Gasteiger partial charge is 0.486 e. The minimum absolute atomic E-state index is 0.0579. The van der Waals surface area contributed by atoms with Gasteiger partial charge in [-0.15, -0.1) is 0 Å². The number of furan rings is 1. The molecule has 166 valence electrons. The van der Waals surface area contributed by atoms with Crippen LogP contribution in [0.25, 0.3) is 0 Å². The number of rotatable bonds is 7. The third-order valence-electron chi connectivity index (χ3n) is 5.15. The van der Waals surface area contributed by atoms with Crippen LogP contribution in [-0.4, -0.2) is 54.3 Å². The van der Waals surface area contributed by atoms with E-state index in [9.17, 15) is 9.59 Å². The van der Waals surface area contributed by atoms with E-state index in [0.29, 0.717) is 44.2 Å². The molecule has 2 amide bonds. The topological polar surface area (TPSA) is 75.0 Å². The summed E-state index contributed by atoms with van der Waals surface area (Å²) in [4.78, 5) is 28.8. The number of benzene rings is 2. The van der Waals surface area contributed by atoms with E-state index in [4.69, 9.17) is 9.15 Å². The van der Waals surface area contributed by atoms with Crippen molar-refractivity contribution in [1.82, 2.24) is 9.80 Å². The van der Waals surface area contributed by atoms with Gasteiger partial charge in [-0.05, 0) is 48.5 Å². The second-order valence-electron chi connectivity index (χ2n) is 7.49. The maximum absolute atomic E-state index is 12.8. The molecular weight excluding hydrogens is 474 g/mol. The molecule has 1 saturated heterocycles. The van der Waals surface area contributed by atoms with Crippen molar-refractivity contribution in [2.45, 2.75) is 6.61 Å². The average Bonchev–Trinajstić information content (AvgIpc) is 3.28. The number of halogens is 1. The molecule has 0 radical (unpaired) electrons. The van der Waals surface area contributed by atoms with Crippen LogP contribution in [0.1, 0.15) is 16.3 Å². The molecule has 0 spiro atoms. The number of hydrogen-bond donors (Lipinski definition) is 1. The molecular formula is C24H24BrN3O4. The SMILES string of the molecule is O=C(CN1CCN(C(=O)c2ccc(COc3ccc(Br)cc3)o2)CC1)Nc1ccccc1. The maximum atomic E-state index is 12.8. The quantitative estimate of drug-likeness (QED) is 0.533. The van der Waals surface area contributed by atoms with E-state index >= 15 is 0 Å². The molecule has 0 saturated carbocycles. The van der Waals surface area contributed by atoms with Gasteiger partial charge in [-0.25, -0.2) is 0 Å². The minimum atomic E-state index is -0.145. The summed E-state index contributed by atoms with van der Waals surface area (Å²) in [6, 6.07) is 20.3. The van der Waals surface area contributed by atoms with E-state index in [0.717, 1.165) is 15.9 Å². The second-order valence-corrected chi connectivity index (χ2v) is 8.41. The summed E-state index contributed by atoms with van der Waals surface area (Å²) < 4.78 is 12.4. The van der Waals surface area contributed by atoms with E-state index in [-0.39, 0.29) is 18.4 Å². The Balaban J connectivity index is 1.23. The Kier molecular flexibility index (Phi) is 7.24. The molecule has 4 rings (SSSR count). The number of piperazine rings is 1. The molecule has 1 N–H and O–H groups in total. The van der Waals surface area contributed by atoms with E-state index in [1.807, 2.05) is 59.5 Å². The molecule has 8 heteroatoms. The molecule has 1 aliphatic heterocycles. The van der Waals surface area contributed by atoms with Gasteiger partial charge < -0.3 is 19.4 Å². The van der Waals surface area contributed by atoms with Crippen molar-refractivity contribution in [1.29, 1.82) is 0 Å². The highest BCUT2D eigenvalue weighted by Crippen LogP contribution is 2.19. The fraction of sp³-hybridized carbons (Fsp3) is 0.250. The van der Waals surface area contributed by atoms with E-state index in [1.54, 1.807) is 17.0 Å². The molecule has 1 aliphatic rings. The van der Waals surface area contributed by atoms with E-state index in [2.05, 4.69) is 21.2 Å². The Hall–Kier alpha value is -3.10. The third kappa shape index (κ3) is 5.99. The monoisotopic (exact) mass is 497 g/mol. The van der Waals surface area contributed by atoms with Crippen molar-refractivity contribution in [2.75, 3.05) is 38.0 Å². The van der Waals surface area contributed by atoms with Crippen LogP contribution >= 0.6 is 15.9 Å². The molecule has 7 nitrogen and oxygen atoms in total. The number of nitrogens with zero attached hydrogens (tertiary/aromatic N) is 2. The van der Waals surface area contributed by atoms with Crippen molar-refractivity contribution < 1.29 is 18.7 Å². The lowest BCUT2D eigenvalue weighted by Crippen LogP contribution is -2.50. The van der Waals surface area contributed by atoms with Crippen molar-refractivity contribution >= 4 is 33.4 Å². The highest BCUT2D eigenvalue weighted by Gasteiger charge is 2.25. The van der Waals surface area contributed by atoms with Gasteiger partial charge in [-0.2, -0.15) is 0 Å². The lowest BCUT2D eigenvalue weighted by Gasteiger charge is -2.33. The highest BCUT2D eigenvalue weighted by molar-refractivity contribution is 9.10. The number of hydrogen-bond acceptors (Lipinski definition) is 5. The molecule has 0 unspecified atom stereocenters. The lowest BCUT2D eigenvalue weighted by atomic mass is 10.2. The Morgan fingerprint density at radius 1 is 0.938 bits per heavy atom. The zero-order chi connectivity index (χ0) is 22.3. The molecule has 0 bridgehead atoms. The molecule has 1 aromatic heterocycles. The van der Waals surface area contributed by atoms with E-state index in [1.165, 1.54) is 0 Å². The average molecular weight is 498 g/mol. The third-order valence-corrected chi connectivity index (χ3v) is 5.68. The standard InChI is InChI=1S/C24H24BrN3O4/c25-18-6-8-20(9-7-18)31-17-21-10-11-22(32-21)24(30)28-14-12-27(13-15-28)16-23(29)26-19-4-2-1-3-5-19/h1-11H,12-17H2,(H,26,29). The predicted molar refractivity (Wildman–Crippen MR) is 125 cm³/mol. The van der Waals surface area contributed by atoms with Crippen LogP contribution in [0, 0.1) is 0 Å². The Bertz CT molecular complexity index is 1040. The minimum Gasteiger partial charge on any atom is -0.486 e. The van der Waals surface area contributed by atoms with Gasteiger partial charge in [0.15, 0.2) is 5.76 Å². The van der Waals surface area contributed by atoms with Crippen molar-refractivity contribution in [3.05, 3.63) is 82.7 Å². The summed E-state index contributed by atoms with van der Waals surface area (Å²) in [5.74, 6) is 1.41. The summed E-state index contributed by atoms with van der Waals surface area (Å²) in [7, 11) is 0. The van der Waals surface area contributed by atoms with Gasteiger partial charge in [0.2, 0.25) is 5.91 Å². The molecule has 2 heterocycles. The fourth-order valence-electron chi connectivity index (χ4n) is 3.45. The summed E-state index contributed by atoms with van der Waals surface area (Å²) in [6.07, 6.45) is 0. The predicted octanol–water partition coefficient (Wildman–Crippen LogP) is 4.02. The molecule has 1 fully saturated rings. The summed E-state index contributed by atoms with van der Waals surface area (Å²) in [5.41, 5.74) is 0.782. The summed E-state index contributed by atoms with van der Waals surface area (Å²) >= 11 is 3.39. The van der Waals surface area contributed by atoms with Crippen LogP contribution in [0.2, 0.25) is 0 Å². The molecule has 32 heavy (non-hydrogen) atoms. The first-order valence-electron chi connectivity index (χ1n) is 10.4. The summed E-state index contributed by atoms with van der Waals surface area (Å²) in [5, 5.41) is 2.89. The van der Waals surface area contributed by atoms with Crippen LogP contribution in [0.4, 0.5) is 5.69 Å². The molecule has 0 aliphatic carbocycles. The number of nitrogens with one attached hydrogen (secondary N) is 1. The second kappa shape index (κ2) is 10.5. The number of anilines is 1.